The average molecular weight is 1180 g/mol. The van der Waals surface area contributed by atoms with E-state index < -0.39 is 5.24 Å². The molecule has 2 aliphatic rings. The maximum atomic E-state index is 11.1. The lowest BCUT2D eigenvalue weighted by molar-refractivity contribution is -0.116. The van der Waals surface area contributed by atoms with Gasteiger partial charge in [-0.1, -0.05) is 174 Å². The van der Waals surface area contributed by atoms with Gasteiger partial charge >= 0.3 is 0 Å². The van der Waals surface area contributed by atoms with Gasteiger partial charge in [-0.2, -0.15) is 5.26 Å². The maximum absolute atomic E-state index is 11.1. The molecule has 0 saturated heterocycles. The largest absolute Gasteiger partial charge is 0.356 e. The Kier molecular flexibility index (Phi) is 26.5. The van der Waals surface area contributed by atoms with Gasteiger partial charge in [-0.15, -0.1) is 0 Å². The van der Waals surface area contributed by atoms with Crippen molar-refractivity contribution in [1.29, 1.82) is 5.26 Å². The summed E-state index contributed by atoms with van der Waals surface area (Å²) in [6, 6.07) is 28.6. The summed E-state index contributed by atoms with van der Waals surface area (Å²) in [5.74, 6) is 0.0648. The number of allylic oxidation sites excluding steroid dienone is 1. The van der Waals surface area contributed by atoms with Gasteiger partial charge in [-0.05, 0) is 119 Å². The molecule has 5 aromatic carbocycles. The van der Waals surface area contributed by atoms with Crippen molar-refractivity contribution >= 4 is 178 Å². The molecule has 0 bridgehead atoms. The molecule has 340 valence electrons. The van der Waals surface area contributed by atoms with Gasteiger partial charge in [0.2, 0.25) is 5.24 Å². The van der Waals surface area contributed by atoms with Crippen molar-refractivity contribution in [1.82, 2.24) is 5.32 Å². The fourth-order valence-corrected chi connectivity index (χ4v) is 8.76. The van der Waals surface area contributed by atoms with Crippen LogP contribution in [0.1, 0.15) is 40.7 Å². The Morgan fingerprint density at radius 1 is 0.600 bits per heavy atom. The molecule has 5 aromatic rings. The Morgan fingerprint density at radius 3 is 1.29 bits per heavy atom. The van der Waals surface area contributed by atoms with Crippen molar-refractivity contribution in [3.8, 4) is 6.07 Å². The van der Waals surface area contributed by atoms with E-state index in [-0.39, 0.29) is 25.0 Å². The van der Waals surface area contributed by atoms with Crippen LogP contribution < -0.4 is 5.32 Å². The van der Waals surface area contributed by atoms with E-state index in [0.29, 0.717) is 62.2 Å². The molecule has 2 aliphatic heterocycles. The second-order valence-corrected chi connectivity index (χ2v) is 19.0. The summed E-state index contributed by atoms with van der Waals surface area (Å²) in [4.78, 5) is 26.6. The van der Waals surface area contributed by atoms with Crippen LogP contribution in [0.15, 0.2) is 120 Å². The van der Waals surface area contributed by atoms with Crippen LogP contribution in [-0.4, -0.2) is 27.6 Å². The van der Waals surface area contributed by atoms with E-state index in [4.69, 9.17) is 145 Å². The number of hydrogen-bond donors (Lipinski definition) is 1. The van der Waals surface area contributed by atoms with Crippen LogP contribution in [0, 0.1) is 11.3 Å². The number of Topliss-reactive ketones (excluding diaryl/α,β-unsaturated/α-hetero) is 1. The van der Waals surface area contributed by atoms with Crippen LogP contribution in [-0.2, 0) is 41.7 Å². The number of aliphatic imine (C=N–C) groups is 1. The van der Waals surface area contributed by atoms with Gasteiger partial charge in [0.05, 0.1) is 22.8 Å². The van der Waals surface area contributed by atoms with E-state index in [0.717, 1.165) is 51.8 Å². The van der Waals surface area contributed by atoms with Gasteiger partial charge in [0, 0.05) is 100 Å². The van der Waals surface area contributed by atoms with Crippen LogP contribution in [0.3, 0.4) is 0 Å². The third kappa shape index (κ3) is 20.0. The number of carbonyl (C=O) groups is 2. The number of thiocarbonyl (C=S) groups is 1. The standard InChI is InChI=1S/C11H9Cl2NS.C11H9Cl2N.C9H7BrCl2O.C8H5Cl3O.C8H5Cl2N/c12-9-2-1-3-10(13)8(9)4-7-5-11(15)14-6-7;12-10-2-1-3-11(13)9(10)6-8-4-5-14-7-8;10-5-6(13)4-7-8(11)2-1-3-9(7)12;9-6-2-1-3-7(10)5(6)4-8(11)12;9-7-2-1-3-8(10)6(7)4-5-11/h1-3,6H,4-5H2,(H,14,15);1-3,5,7H,4,6H2;1-3H,4-5H2;1-3H,4H2;1-3H,4H2. The number of benzene rings is 5. The van der Waals surface area contributed by atoms with Crippen molar-refractivity contribution in [2.24, 2.45) is 4.99 Å². The highest BCUT2D eigenvalue weighted by atomic mass is 79.9. The quantitative estimate of drug-likeness (QED) is 0.0856. The highest BCUT2D eigenvalue weighted by molar-refractivity contribution is 9.09. The summed E-state index contributed by atoms with van der Waals surface area (Å²) in [6.07, 6.45) is 9.56. The maximum Gasteiger partial charge on any atom is 0.226 e. The van der Waals surface area contributed by atoms with Crippen LogP contribution in [0.25, 0.3) is 0 Å². The summed E-state index contributed by atoms with van der Waals surface area (Å²) in [7, 11) is 0. The summed E-state index contributed by atoms with van der Waals surface area (Å²) in [6.45, 7) is 0. The Balaban J connectivity index is 0.000000217. The Morgan fingerprint density at radius 2 is 0.969 bits per heavy atom. The van der Waals surface area contributed by atoms with Gasteiger partial charge in [-0.25, -0.2) is 0 Å². The SMILES string of the molecule is Clc1cccc(Cl)c1CC1=CN=CC1.N#CCc1c(Cl)cccc1Cl.O=C(CBr)Cc1c(Cl)cccc1Cl.O=C(Cl)Cc1c(Cl)cccc1Cl.S=C1CC(Cc2c(Cl)cccc2Cl)=CN1. The van der Waals surface area contributed by atoms with Crippen molar-refractivity contribution in [2.45, 2.75) is 44.9 Å². The summed E-state index contributed by atoms with van der Waals surface area (Å²) >= 11 is 72.5. The van der Waals surface area contributed by atoms with Gasteiger partial charge in [-0.3, -0.25) is 14.6 Å². The Hall–Kier alpha value is -2.36. The van der Waals surface area contributed by atoms with Crippen LogP contribution in [0.2, 0.25) is 50.2 Å². The first-order valence-electron chi connectivity index (χ1n) is 18.9. The lowest BCUT2D eigenvalue weighted by Crippen LogP contribution is -2.05. The van der Waals surface area contributed by atoms with Crippen LogP contribution in [0.4, 0.5) is 0 Å². The molecule has 0 spiro atoms. The minimum absolute atomic E-state index is 0.0648. The molecule has 7 rings (SSSR count). The molecule has 0 amide bonds. The van der Waals surface area contributed by atoms with Crippen molar-refractivity contribution < 1.29 is 9.59 Å². The molecular formula is C47H35BrCl11N3O2S. The van der Waals surface area contributed by atoms with E-state index in [1.165, 1.54) is 11.1 Å². The third-order valence-corrected chi connectivity index (χ3v) is 13.3. The zero-order chi connectivity index (χ0) is 48.1. The normalized spacial score (nSPS) is 12.0. The summed E-state index contributed by atoms with van der Waals surface area (Å²) < 4.78 is 0. The van der Waals surface area contributed by atoms with Crippen LogP contribution in [0.5, 0.6) is 0 Å². The van der Waals surface area contributed by atoms with E-state index in [1.807, 2.05) is 61.1 Å². The Labute approximate surface area is 447 Å². The highest BCUT2D eigenvalue weighted by Gasteiger charge is 2.14. The van der Waals surface area contributed by atoms with Crippen molar-refractivity contribution in [3.63, 3.8) is 0 Å². The molecular weight excluding hydrogens is 1140 g/mol. The minimum Gasteiger partial charge on any atom is -0.356 e. The number of hydrogen-bond acceptors (Lipinski definition) is 5. The molecule has 0 aromatic heterocycles. The predicted octanol–water partition coefficient (Wildman–Crippen LogP) is 17.5. The molecule has 0 aliphatic carbocycles. The molecule has 18 heteroatoms. The number of nitrogens with zero attached hydrogens (tertiary/aromatic N) is 2. The number of rotatable bonds is 10. The smallest absolute Gasteiger partial charge is 0.226 e. The van der Waals surface area contributed by atoms with E-state index in [9.17, 15) is 9.59 Å². The minimum atomic E-state index is -0.468. The van der Waals surface area contributed by atoms with E-state index in [1.54, 1.807) is 54.6 Å². The van der Waals surface area contributed by atoms with E-state index in [2.05, 4.69) is 26.2 Å². The monoisotopic (exact) mass is 1170 g/mol. The molecule has 65 heavy (non-hydrogen) atoms. The second kappa shape index (κ2) is 30.2. The number of nitriles is 1. The fourth-order valence-electron chi connectivity index (χ4n) is 5.53. The molecule has 0 unspecified atom stereocenters. The summed E-state index contributed by atoms with van der Waals surface area (Å²) in [5, 5.41) is 17.3. The van der Waals surface area contributed by atoms with E-state index >= 15 is 0 Å². The zero-order valence-corrected chi connectivity index (χ0v) is 44.4. The number of ketones is 1. The first kappa shape index (κ1) is 57.0. The fraction of sp³-hybridized carbons (Fsp3) is 0.170. The second-order valence-electron chi connectivity index (χ2n) is 13.4. The zero-order valence-electron chi connectivity index (χ0n) is 33.7. The molecule has 0 saturated carbocycles. The van der Waals surface area contributed by atoms with Gasteiger partial charge in [0.15, 0.2) is 0 Å². The highest BCUT2D eigenvalue weighted by Crippen LogP contribution is 2.30. The van der Waals surface area contributed by atoms with Crippen molar-refractivity contribution in [2.75, 3.05) is 5.33 Å². The van der Waals surface area contributed by atoms with Gasteiger partial charge in [0.1, 0.15) is 5.78 Å². The van der Waals surface area contributed by atoms with Gasteiger partial charge in [0.25, 0.3) is 0 Å². The lowest BCUT2D eigenvalue weighted by Gasteiger charge is -2.06. The first-order chi connectivity index (χ1) is 30.9. The summed E-state index contributed by atoms with van der Waals surface area (Å²) in [5.41, 5.74) is 6.43. The molecule has 0 radical (unpaired) electrons. The molecule has 5 nitrogen and oxygen atoms in total. The number of nitrogens with one attached hydrogen (secondary N) is 1. The molecule has 0 atom stereocenters. The van der Waals surface area contributed by atoms with Gasteiger partial charge < -0.3 is 5.32 Å². The van der Waals surface area contributed by atoms with Crippen molar-refractivity contribution in [3.05, 3.63) is 193 Å². The predicted molar refractivity (Wildman–Crippen MR) is 286 cm³/mol. The molecule has 2 heterocycles. The number of halogens is 12. The molecule has 1 N–H and O–H groups in total. The number of alkyl halides is 1. The third-order valence-electron chi connectivity index (χ3n) is 8.75. The topological polar surface area (TPSA) is 82.3 Å². The van der Waals surface area contributed by atoms with Crippen LogP contribution >= 0.6 is 156 Å². The average Bonchev–Trinajstić information content (AvgIpc) is 3.94. The lowest BCUT2D eigenvalue weighted by atomic mass is 10.0. The molecule has 0 fully saturated rings. The first-order valence-corrected chi connectivity index (χ1v) is 24.6. The Bertz CT molecular complexity index is 2510. The number of carbonyl (C=O) groups excluding carboxylic acids is 2.